The maximum absolute atomic E-state index is 9.27. The number of aliphatic hydroxyl groups is 1. The van der Waals surface area contributed by atoms with Crippen molar-refractivity contribution in [3.8, 4) is 5.75 Å². The lowest BCUT2D eigenvalue weighted by atomic mass is 10.1. The molecule has 0 saturated heterocycles. The van der Waals surface area contributed by atoms with E-state index in [9.17, 15) is 5.11 Å². The fourth-order valence-corrected chi connectivity index (χ4v) is 1.22. The summed E-state index contributed by atoms with van der Waals surface area (Å²) >= 11 is 3.20. The molecule has 0 spiro atoms. The van der Waals surface area contributed by atoms with Crippen LogP contribution in [0.4, 0.5) is 0 Å². The molecule has 1 aromatic rings. The van der Waals surface area contributed by atoms with Gasteiger partial charge in [0, 0.05) is 10.0 Å². The Balaban J connectivity index is 3.09. The first-order valence-corrected chi connectivity index (χ1v) is 4.07. The summed E-state index contributed by atoms with van der Waals surface area (Å²) in [5, 5.41) is 18.4. The Morgan fingerprint density at radius 1 is 1.45 bits per heavy atom. The molecule has 0 bridgehead atoms. The van der Waals surface area contributed by atoms with Gasteiger partial charge >= 0.3 is 0 Å². The van der Waals surface area contributed by atoms with Crippen molar-refractivity contribution in [2.75, 3.05) is 0 Å². The second-order valence-corrected chi connectivity index (χ2v) is 3.29. The summed E-state index contributed by atoms with van der Waals surface area (Å²) in [4.78, 5) is 0. The molecule has 0 radical (unpaired) electrons. The Morgan fingerprint density at radius 3 is 2.55 bits per heavy atom. The summed E-state index contributed by atoms with van der Waals surface area (Å²) in [6.45, 7) is 1.61. The highest BCUT2D eigenvalue weighted by Gasteiger charge is 2.05. The highest BCUT2D eigenvalue weighted by molar-refractivity contribution is 9.10. The third-order valence-corrected chi connectivity index (χ3v) is 1.94. The normalized spacial score (nSPS) is 13.0. The molecule has 2 nitrogen and oxygen atoms in total. The Labute approximate surface area is 73.6 Å². The van der Waals surface area contributed by atoms with Crippen molar-refractivity contribution in [2.45, 2.75) is 13.0 Å². The van der Waals surface area contributed by atoms with Crippen LogP contribution in [0.25, 0.3) is 0 Å². The second kappa shape index (κ2) is 3.24. The van der Waals surface area contributed by atoms with E-state index in [0.717, 1.165) is 4.47 Å². The number of hydrogen-bond donors (Lipinski definition) is 2. The van der Waals surface area contributed by atoms with Crippen LogP contribution in [0.1, 0.15) is 18.6 Å². The zero-order valence-corrected chi connectivity index (χ0v) is 7.67. The van der Waals surface area contributed by atoms with E-state index in [1.807, 2.05) is 0 Å². The lowest BCUT2D eigenvalue weighted by Crippen LogP contribution is -1.90. The average Bonchev–Trinajstić information content (AvgIpc) is 1.85. The summed E-state index contributed by atoms with van der Waals surface area (Å²) in [7, 11) is 0. The molecule has 2 N–H and O–H groups in total. The van der Waals surface area contributed by atoms with Crippen molar-refractivity contribution in [3.63, 3.8) is 0 Å². The first-order valence-electron chi connectivity index (χ1n) is 3.27. The van der Waals surface area contributed by atoms with Crippen LogP contribution in [0.3, 0.4) is 0 Å². The molecule has 0 amide bonds. The molecule has 0 aliphatic rings. The first-order chi connectivity index (χ1) is 5.11. The monoisotopic (exact) mass is 216 g/mol. The number of benzene rings is 1. The van der Waals surface area contributed by atoms with Gasteiger partial charge in [-0.1, -0.05) is 22.0 Å². The smallest absolute Gasteiger partial charge is 0.122 e. The van der Waals surface area contributed by atoms with Crippen LogP contribution in [0.2, 0.25) is 0 Å². The van der Waals surface area contributed by atoms with Gasteiger partial charge in [-0.3, -0.25) is 0 Å². The minimum atomic E-state index is -0.622. The Kier molecular flexibility index (Phi) is 2.52. The SMILES string of the molecule is CC(O)c1ccc(Br)cc1O. The van der Waals surface area contributed by atoms with E-state index >= 15 is 0 Å². The molecule has 11 heavy (non-hydrogen) atoms. The van der Waals surface area contributed by atoms with Gasteiger partial charge in [-0.05, 0) is 19.1 Å². The zero-order valence-electron chi connectivity index (χ0n) is 6.08. The molecule has 0 fully saturated rings. The molecule has 3 heteroatoms. The van der Waals surface area contributed by atoms with Gasteiger partial charge < -0.3 is 10.2 Å². The highest BCUT2D eigenvalue weighted by atomic mass is 79.9. The maximum Gasteiger partial charge on any atom is 0.122 e. The minimum absolute atomic E-state index is 0.120. The molecule has 1 unspecified atom stereocenters. The van der Waals surface area contributed by atoms with Crippen LogP contribution in [0, 0.1) is 0 Å². The topological polar surface area (TPSA) is 40.5 Å². The van der Waals surface area contributed by atoms with Crippen molar-refractivity contribution < 1.29 is 10.2 Å². The van der Waals surface area contributed by atoms with E-state index < -0.39 is 6.10 Å². The summed E-state index contributed by atoms with van der Waals surface area (Å²) < 4.78 is 0.805. The van der Waals surface area contributed by atoms with Crippen molar-refractivity contribution in [2.24, 2.45) is 0 Å². The number of rotatable bonds is 1. The third kappa shape index (κ3) is 1.94. The van der Waals surface area contributed by atoms with Gasteiger partial charge in [0.2, 0.25) is 0 Å². The molecule has 0 aromatic heterocycles. The van der Waals surface area contributed by atoms with Crippen molar-refractivity contribution in [1.29, 1.82) is 0 Å². The van der Waals surface area contributed by atoms with Gasteiger partial charge in [0.15, 0.2) is 0 Å². The van der Waals surface area contributed by atoms with Gasteiger partial charge in [-0.2, -0.15) is 0 Å². The Morgan fingerprint density at radius 2 is 2.09 bits per heavy atom. The van der Waals surface area contributed by atoms with Crippen LogP contribution < -0.4 is 0 Å². The minimum Gasteiger partial charge on any atom is -0.508 e. The van der Waals surface area contributed by atoms with Crippen molar-refractivity contribution in [1.82, 2.24) is 0 Å². The summed E-state index contributed by atoms with van der Waals surface area (Å²) in [6.07, 6.45) is -0.622. The average molecular weight is 217 g/mol. The van der Waals surface area contributed by atoms with Gasteiger partial charge in [0.1, 0.15) is 5.75 Å². The molecule has 0 saturated carbocycles. The van der Waals surface area contributed by atoms with E-state index in [2.05, 4.69) is 15.9 Å². The van der Waals surface area contributed by atoms with E-state index in [0.29, 0.717) is 5.56 Å². The lowest BCUT2D eigenvalue weighted by molar-refractivity contribution is 0.195. The molecule has 1 aromatic carbocycles. The number of aliphatic hydroxyl groups excluding tert-OH is 1. The van der Waals surface area contributed by atoms with E-state index in [1.54, 1.807) is 25.1 Å². The van der Waals surface area contributed by atoms with Crippen LogP contribution in [0.5, 0.6) is 5.75 Å². The predicted molar refractivity (Wildman–Crippen MR) is 46.4 cm³/mol. The first kappa shape index (κ1) is 8.56. The van der Waals surface area contributed by atoms with Crippen LogP contribution in [-0.2, 0) is 0 Å². The number of aromatic hydroxyl groups is 1. The second-order valence-electron chi connectivity index (χ2n) is 2.38. The largest absolute Gasteiger partial charge is 0.508 e. The Hall–Kier alpha value is -0.540. The molecule has 1 rings (SSSR count). The van der Waals surface area contributed by atoms with Crippen LogP contribution in [0.15, 0.2) is 22.7 Å². The Bertz CT molecular complexity index is 258. The molecule has 60 valence electrons. The molecular formula is C8H9BrO2. The molecular weight excluding hydrogens is 208 g/mol. The van der Waals surface area contributed by atoms with Gasteiger partial charge in [0.05, 0.1) is 6.10 Å². The third-order valence-electron chi connectivity index (χ3n) is 1.44. The van der Waals surface area contributed by atoms with Crippen LogP contribution >= 0.6 is 15.9 Å². The lowest BCUT2D eigenvalue weighted by Gasteiger charge is -2.06. The number of hydrogen-bond acceptors (Lipinski definition) is 2. The summed E-state index contributed by atoms with van der Waals surface area (Å²) in [5.41, 5.74) is 0.549. The van der Waals surface area contributed by atoms with Gasteiger partial charge in [-0.15, -0.1) is 0 Å². The van der Waals surface area contributed by atoms with Gasteiger partial charge in [-0.25, -0.2) is 0 Å². The quantitative estimate of drug-likeness (QED) is 0.756. The molecule has 1 atom stereocenters. The van der Waals surface area contributed by atoms with Gasteiger partial charge in [0.25, 0.3) is 0 Å². The van der Waals surface area contributed by atoms with E-state index in [4.69, 9.17) is 5.11 Å². The fourth-order valence-electron chi connectivity index (χ4n) is 0.870. The van der Waals surface area contributed by atoms with E-state index in [-0.39, 0.29) is 5.75 Å². The highest BCUT2D eigenvalue weighted by Crippen LogP contribution is 2.26. The van der Waals surface area contributed by atoms with Crippen molar-refractivity contribution >= 4 is 15.9 Å². The zero-order chi connectivity index (χ0) is 8.43. The predicted octanol–water partition coefficient (Wildman–Crippen LogP) is 2.21. The van der Waals surface area contributed by atoms with Crippen molar-refractivity contribution in [3.05, 3.63) is 28.2 Å². The molecule has 0 heterocycles. The van der Waals surface area contributed by atoms with E-state index in [1.165, 1.54) is 0 Å². The standard InChI is InChI=1S/C8H9BrO2/c1-5(10)7-3-2-6(9)4-8(7)11/h2-5,10-11H,1H3. The number of halogens is 1. The molecule has 0 aliphatic heterocycles. The fraction of sp³-hybridized carbons (Fsp3) is 0.250. The summed E-state index contributed by atoms with van der Waals surface area (Å²) in [5.74, 6) is 0.120. The molecule has 0 aliphatic carbocycles. The number of phenols is 1. The maximum atomic E-state index is 9.27. The number of phenolic OH excluding ortho intramolecular Hbond substituents is 1. The van der Waals surface area contributed by atoms with Crippen LogP contribution in [-0.4, -0.2) is 10.2 Å². The summed E-state index contributed by atoms with van der Waals surface area (Å²) in [6, 6.07) is 5.02.